The van der Waals surface area contributed by atoms with Crippen LogP contribution in [0.1, 0.15) is 46.5 Å². The van der Waals surface area contributed by atoms with Gasteiger partial charge in [-0.1, -0.05) is 38.1 Å². The summed E-state index contributed by atoms with van der Waals surface area (Å²) in [6.07, 6.45) is -4.60. The molecule has 1 heterocycles. The first-order valence-electron chi connectivity index (χ1n) is 10.1. The number of imide groups is 1. The summed E-state index contributed by atoms with van der Waals surface area (Å²) in [7, 11) is 0. The molecule has 0 aliphatic carbocycles. The number of anilines is 1. The molecule has 174 valence electrons. The number of carbonyl (C=O) groups is 4. The van der Waals surface area contributed by atoms with Gasteiger partial charge in [0.1, 0.15) is 6.04 Å². The van der Waals surface area contributed by atoms with Crippen molar-refractivity contribution in [3.8, 4) is 0 Å². The summed E-state index contributed by atoms with van der Waals surface area (Å²) in [5, 5.41) is 2.07. The summed E-state index contributed by atoms with van der Waals surface area (Å²) in [4.78, 5) is 51.3. The molecule has 1 atom stereocenters. The first-order valence-corrected chi connectivity index (χ1v) is 10.1. The largest absolute Gasteiger partial charge is 0.454 e. The lowest BCUT2D eigenvalue weighted by atomic mass is 10.0. The Morgan fingerprint density at radius 3 is 2.06 bits per heavy atom. The maximum Gasteiger partial charge on any atom is 0.418 e. The Balaban J connectivity index is 1.72. The van der Waals surface area contributed by atoms with Crippen molar-refractivity contribution in [3.63, 3.8) is 0 Å². The first-order chi connectivity index (χ1) is 15.5. The number of benzene rings is 2. The van der Waals surface area contributed by atoms with Crippen LogP contribution in [0.2, 0.25) is 0 Å². The number of esters is 1. The summed E-state index contributed by atoms with van der Waals surface area (Å²) < 4.78 is 44.3. The summed E-state index contributed by atoms with van der Waals surface area (Å²) in [6, 6.07) is 9.21. The Morgan fingerprint density at radius 2 is 1.52 bits per heavy atom. The summed E-state index contributed by atoms with van der Waals surface area (Å²) in [5.41, 5.74) is -1.21. The molecule has 10 heteroatoms. The van der Waals surface area contributed by atoms with Crippen LogP contribution in [0, 0.1) is 5.92 Å². The van der Waals surface area contributed by atoms with Gasteiger partial charge in [0.2, 0.25) is 0 Å². The SMILES string of the molecule is CC(C)CC(C(=O)OCC(=O)Nc1ccccc1C(F)(F)F)N1C(=O)c2ccccc2C1=O. The molecule has 1 unspecified atom stereocenters. The fourth-order valence-corrected chi connectivity index (χ4v) is 3.50. The summed E-state index contributed by atoms with van der Waals surface area (Å²) in [6.45, 7) is 2.67. The van der Waals surface area contributed by atoms with Crippen LogP contribution >= 0.6 is 0 Å². The first kappa shape index (κ1) is 24.0. The zero-order chi connectivity index (χ0) is 24.3. The minimum atomic E-state index is -4.69. The highest BCUT2D eigenvalue weighted by atomic mass is 19.4. The smallest absolute Gasteiger partial charge is 0.418 e. The van der Waals surface area contributed by atoms with E-state index in [2.05, 4.69) is 5.32 Å². The number of halogens is 3. The van der Waals surface area contributed by atoms with Gasteiger partial charge in [-0.25, -0.2) is 4.79 Å². The molecule has 0 bridgehead atoms. The molecule has 0 aromatic heterocycles. The Morgan fingerprint density at radius 1 is 0.970 bits per heavy atom. The molecule has 33 heavy (non-hydrogen) atoms. The van der Waals surface area contributed by atoms with E-state index in [1.54, 1.807) is 26.0 Å². The van der Waals surface area contributed by atoms with E-state index in [1.807, 2.05) is 0 Å². The van der Waals surface area contributed by atoms with E-state index in [0.29, 0.717) is 0 Å². The van der Waals surface area contributed by atoms with Gasteiger partial charge in [-0.15, -0.1) is 0 Å². The lowest BCUT2D eigenvalue weighted by Gasteiger charge is -2.25. The molecule has 0 saturated carbocycles. The minimum Gasteiger partial charge on any atom is -0.454 e. The van der Waals surface area contributed by atoms with Crippen LogP contribution in [0.15, 0.2) is 48.5 Å². The van der Waals surface area contributed by atoms with Crippen molar-refractivity contribution in [2.75, 3.05) is 11.9 Å². The molecule has 3 rings (SSSR count). The average Bonchev–Trinajstić information content (AvgIpc) is 3.00. The van der Waals surface area contributed by atoms with Crippen LogP contribution in [-0.2, 0) is 20.5 Å². The maximum absolute atomic E-state index is 13.1. The monoisotopic (exact) mass is 462 g/mol. The van der Waals surface area contributed by atoms with Crippen molar-refractivity contribution in [1.82, 2.24) is 4.90 Å². The third-order valence-corrected chi connectivity index (χ3v) is 4.96. The molecule has 3 amide bonds. The lowest BCUT2D eigenvalue weighted by molar-refractivity contribution is -0.151. The van der Waals surface area contributed by atoms with Crippen LogP contribution in [0.25, 0.3) is 0 Å². The van der Waals surface area contributed by atoms with E-state index in [0.717, 1.165) is 17.0 Å². The fourth-order valence-electron chi connectivity index (χ4n) is 3.50. The van der Waals surface area contributed by atoms with E-state index < -0.39 is 53.8 Å². The number of alkyl halides is 3. The van der Waals surface area contributed by atoms with Gasteiger partial charge in [-0.05, 0) is 36.6 Å². The van der Waals surface area contributed by atoms with Crippen molar-refractivity contribution in [3.05, 3.63) is 65.2 Å². The zero-order valence-electron chi connectivity index (χ0n) is 17.8. The number of ether oxygens (including phenoxy) is 1. The van der Waals surface area contributed by atoms with E-state index in [1.165, 1.54) is 24.3 Å². The topological polar surface area (TPSA) is 92.8 Å². The number of carbonyl (C=O) groups excluding carboxylic acids is 4. The van der Waals surface area contributed by atoms with Crippen LogP contribution in [0.3, 0.4) is 0 Å². The molecule has 1 N–H and O–H groups in total. The Hall–Kier alpha value is -3.69. The highest BCUT2D eigenvalue weighted by Crippen LogP contribution is 2.34. The predicted molar refractivity (Wildman–Crippen MR) is 111 cm³/mol. The molecule has 1 aliphatic heterocycles. The quantitative estimate of drug-likeness (QED) is 0.498. The van der Waals surface area contributed by atoms with Crippen molar-refractivity contribution < 1.29 is 37.1 Å². The van der Waals surface area contributed by atoms with E-state index in [9.17, 15) is 32.3 Å². The van der Waals surface area contributed by atoms with E-state index in [4.69, 9.17) is 4.74 Å². The second-order valence-corrected chi connectivity index (χ2v) is 7.87. The van der Waals surface area contributed by atoms with Gasteiger partial charge < -0.3 is 10.1 Å². The average molecular weight is 462 g/mol. The fraction of sp³-hybridized carbons (Fsp3) is 0.304. The standard InChI is InChI=1S/C23H21F3N2O5/c1-13(2)11-18(28-20(30)14-7-3-4-8-15(14)21(28)31)22(32)33-12-19(29)27-17-10-6-5-9-16(17)23(24,25)26/h3-10,13,18H,11-12H2,1-2H3,(H,27,29). The third kappa shape index (κ3) is 5.21. The highest BCUT2D eigenvalue weighted by molar-refractivity contribution is 6.22. The number of hydrogen-bond acceptors (Lipinski definition) is 5. The van der Waals surface area contributed by atoms with Crippen molar-refractivity contribution in [2.45, 2.75) is 32.5 Å². The van der Waals surface area contributed by atoms with Crippen molar-refractivity contribution in [1.29, 1.82) is 0 Å². The van der Waals surface area contributed by atoms with Crippen molar-refractivity contribution in [2.24, 2.45) is 5.92 Å². The second kappa shape index (κ2) is 9.43. The maximum atomic E-state index is 13.1. The van der Waals surface area contributed by atoms with Crippen LogP contribution in [-0.4, -0.2) is 41.2 Å². The Labute approximate surface area is 187 Å². The number of fused-ring (bicyclic) bond motifs is 1. The summed E-state index contributed by atoms with van der Waals surface area (Å²) in [5.74, 6) is -3.41. The van der Waals surface area contributed by atoms with Gasteiger partial charge in [0.15, 0.2) is 6.61 Å². The molecule has 0 saturated heterocycles. The zero-order valence-corrected chi connectivity index (χ0v) is 17.8. The molecule has 0 fully saturated rings. The second-order valence-electron chi connectivity index (χ2n) is 7.87. The third-order valence-electron chi connectivity index (χ3n) is 4.96. The molecule has 7 nitrogen and oxygen atoms in total. The number of para-hydroxylation sites is 1. The van der Waals surface area contributed by atoms with Crippen LogP contribution in [0.4, 0.5) is 18.9 Å². The predicted octanol–water partition coefficient (Wildman–Crippen LogP) is 3.90. The number of nitrogens with zero attached hydrogens (tertiary/aromatic N) is 1. The molecular weight excluding hydrogens is 441 g/mol. The molecule has 2 aromatic carbocycles. The normalized spacial score (nSPS) is 14.3. The van der Waals surface area contributed by atoms with Gasteiger partial charge in [-0.3, -0.25) is 19.3 Å². The lowest BCUT2D eigenvalue weighted by Crippen LogP contribution is -2.46. The minimum absolute atomic E-state index is 0.0861. The molecule has 0 radical (unpaired) electrons. The van der Waals surface area contributed by atoms with Crippen LogP contribution in [0.5, 0.6) is 0 Å². The van der Waals surface area contributed by atoms with Crippen LogP contribution < -0.4 is 5.32 Å². The van der Waals surface area contributed by atoms with Gasteiger partial charge in [0, 0.05) is 0 Å². The number of hydrogen-bond donors (Lipinski definition) is 1. The van der Waals surface area contributed by atoms with Crippen molar-refractivity contribution >= 4 is 29.4 Å². The molecule has 0 spiro atoms. The number of amides is 3. The van der Waals surface area contributed by atoms with E-state index in [-0.39, 0.29) is 23.5 Å². The Bertz CT molecular complexity index is 1060. The van der Waals surface area contributed by atoms with Gasteiger partial charge in [0.25, 0.3) is 17.7 Å². The van der Waals surface area contributed by atoms with E-state index >= 15 is 0 Å². The molecule has 2 aromatic rings. The number of rotatable bonds is 7. The number of nitrogens with one attached hydrogen (secondary N) is 1. The summed E-state index contributed by atoms with van der Waals surface area (Å²) >= 11 is 0. The molecule has 1 aliphatic rings. The van der Waals surface area contributed by atoms with Gasteiger partial charge in [-0.2, -0.15) is 13.2 Å². The molecular formula is C23H21F3N2O5. The van der Waals surface area contributed by atoms with Gasteiger partial charge in [0.05, 0.1) is 22.4 Å². The Kier molecular flexibility index (Phi) is 6.85. The highest BCUT2D eigenvalue weighted by Gasteiger charge is 2.43. The van der Waals surface area contributed by atoms with Gasteiger partial charge >= 0.3 is 12.1 Å².